The first-order valence-electron chi connectivity index (χ1n) is 7.28. The number of benzene rings is 1. The van der Waals surface area contributed by atoms with Gasteiger partial charge in [0.15, 0.2) is 0 Å². The highest BCUT2D eigenvalue weighted by atomic mass is 79.9. The summed E-state index contributed by atoms with van der Waals surface area (Å²) in [5.41, 5.74) is 1.69. The van der Waals surface area contributed by atoms with Crippen LogP contribution in [0.1, 0.15) is 37.7 Å². The summed E-state index contributed by atoms with van der Waals surface area (Å²) < 4.78 is 7.36. The van der Waals surface area contributed by atoms with E-state index in [1.165, 1.54) is 37.7 Å². The molecular weight excluding hydrogens is 302 g/mol. The van der Waals surface area contributed by atoms with Gasteiger partial charge in [-0.3, -0.25) is 0 Å². The smallest absolute Gasteiger partial charge is 0.0721 e. The molecule has 1 N–H and O–H groups in total. The standard InChI is InChI=1S/C16H22BrNO/c1-18-14-10-15(16(14)7-2-3-8-16)19-11-12-5-4-6-13(17)9-12/h4-6,9,14-15,18H,2-3,7-8,10-11H2,1H3. The van der Waals surface area contributed by atoms with Crippen LogP contribution in [0.5, 0.6) is 0 Å². The van der Waals surface area contributed by atoms with Gasteiger partial charge in [-0.2, -0.15) is 0 Å². The molecule has 3 heteroatoms. The molecule has 2 aliphatic rings. The van der Waals surface area contributed by atoms with E-state index in [1.807, 2.05) is 0 Å². The van der Waals surface area contributed by atoms with Crippen molar-refractivity contribution in [2.75, 3.05) is 7.05 Å². The molecule has 0 radical (unpaired) electrons. The third-order valence-electron chi connectivity index (χ3n) is 5.01. The molecule has 2 aliphatic carbocycles. The maximum absolute atomic E-state index is 6.23. The van der Waals surface area contributed by atoms with Crippen LogP contribution in [0, 0.1) is 5.41 Å². The van der Waals surface area contributed by atoms with Crippen LogP contribution < -0.4 is 5.32 Å². The Labute approximate surface area is 124 Å². The van der Waals surface area contributed by atoms with E-state index < -0.39 is 0 Å². The molecule has 3 rings (SSSR count). The van der Waals surface area contributed by atoms with Crippen molar-refractivity contribution in [1.29, 1.82) is 0 Å². The SMILES string of the molecule is CNC1CC(OCc2cccc(Br)c2)C12CCCC2. The zero-order chi connectivity index (χ0) is 13.3. The fourth-order valence-electron chi connectivity index (χ4n) is 3.91. The molecule has 0 heterocycles. The van der Waals surface area contributed by atoms with Crippen molar-refractivity contribution in [2.45, 2.75) is 50.9 Å². The highest BCUT2D eigenvalue weighted by Gasteiger charge is 2.56. The van der Waals surface area contributed by atoms with Gasteiger partial charge in [-0.05, 0) is 44.0 Å². The first-order chi connectivity index (χ1) is 9.24. The van der Waals surface area contributed by atoms with Gasteiger partial charge in [-0.15, -0.1) is 0 Å². The lowest BCUT2D eigenvalue weighted by Crippen LogP contribution is -2.61. The average Bonchev–Trinajstić information content (AvgIpc) is 2.90. The number of nitrogens with one attached hydrogen (secondary N) is 1. The van der Waals surface area contributed by atoms with Crippen molar-refractivity contribution in [3.05, 3.63) is 34.3 Å². The van der Waals surface area contributed by atoms with Crippen molar-refractivity contribution in [2.24, 2.45) is 5.41 Å². The first-order valence-corrected chi connectivity index (χ1v) is 8.07. The van der Waals surface area contributed by atoms with Gasteiger partial charge in [-0.1, -0.05) is 40.9 Å². The summed E-state index contributed by atoms with van der Waals surface area (Å²) in [6.45, 7) is 0.738. The third-order valence-corrected chi connectivity index (χ3v) is 5.50. The maximum Gasteiger partial charge on any atom is 0.0721 e. The second-order valence-corrected chi connectivity index (χ2v) is 6.86. The molecule has 0 aliphatic heterocycles. The lowest BCUT2D eigenvalue weighted by atomic mass is 9.60. The normalized spacial score (nSPS) is 28.5. The maximum atomic E-state index is 6.23. The minimum absolute atomic E-state index is 0.431. The van der Waals surface area contributed by atoms with Crippen LogP contribution in [0.15, 0.2) is 28.7 Å². The molecule has 1 aromatic carbocycles. The van der Waals surface area contributed by atoms with Crippen LogP contribution in [-0.2, 0) is 11.3 Å². The molecule has 104 valence electrons. The molecule has 2 nitrogen and oxygen atoms in total. The van der Waals surface area contributed by atoms with Crippen molar-refractivity contribution >= 4 is 15.9 Å². The fourth-order valence-corrected chi connectivity index (χ4v) is 4.36. The van der Waals surface area contributed by atoms with Crippen LogP contribution in [0.3, 0.4) is 0 Å². The summed E-state index contributed by atoms with van der Waals surface area (Å²) in [6.07, 6.45) is 7.03. The Morgan fingerprint density at radius 2 is 2.16 bits per heavy atom. The van der Waals surface area contributed by atoms with Crippen LogP contribution in [0.2, 0.25) is 0 Å². The largest absolute Gasteiger partial charge is 0.373 e. The summed E-state index contributed by atoms with van der Waals surface area (Å²) in [5.74, 6) is 0. The number of ether oxygens (including phenoxy) is 1. The molecule has 19 heavy (non-hydrogen) atoms. The van der Waals surface area contributed by atoms with Gasteiger partial charge in [0, 0.05) is 15.9 Å². The molecule has 2 saturated carbocycles. The highest BCUT2D eigenvalue weighted by molar-refractivity contribution is 9.10. The summed E-state index contributed by atoms with van der Waals surface area (Å²) in [5, 5.41) is 3.48. The minimum Gasteiger partial charge on any atom is -0.373 e. The summed E-state index contributed by atoms with van der Waals surface area (Å²) in [6, 6.07) is 9.09. The Hall–Kier alpha value is -0.380. The summed E-state index contributed by atoms with van der Waals surface area (Å²) in [7, 11) is 2.09. The molecule has 2 unspecified atom stereocenters. The van der Waals surface area contributed by atoms with Crippen molar-refractivity contribution in [3.63, 3.8) is 0 Å². The molecular formula is C16H22BrNO. The Bertz CT molecular complexity index is 442. The zero-order valence-corrected chi connectivity index (χ0v) is 13.1. The van der Waals surface area contributed by atoms with Gasteiger partial charge in [0.2, 0.25) is 0 Å². The van der Waals surface area contributed by atoms with E-state index in [1.54, 1.807) is 0 Å². The van der Waals surface area contributed by atoms with E-state index in [9.17, 15) is 0 Å². The van der Waals surface area contributed by atoms with Gasteiger partial charge in [0.25, 0.3) is 0 Å². The van der Waals surface area contributed by atoms with E-state index in [0.717, 1.165) is 11.1 Å². The van der Waals surface area contributed by atoms with E-state index in [2.05, 4.69) is 52.6 Å². The molecule has 2 atom stereocenters. The van der Waals surface area contributed by atoms with Gasteiger partial charge in [-0.25, -0.2) is 0 Å². The van der Waals surface area contributed by atoms with E-state index in [4.69, 9.17) is 4.74 Å². The molecule has 2 fully saturated rings. The molecule has 1 spiro atoms. The Morgan fingerprint density at radius 3 is 2.84 bits per heavy atom. The van der Waals surface area contributed by atoms with E-state index in [-0.39, 0.29) is 0 Å². The molecule has 0 saturated heterocycles. The Morgan fingerprint density at radius 1 is 1.37 bits per heavy atom. The molecule has 0 aromatic heterocycles. The second-order valence-electron chi connectivity index (χ2n) is 5.95. The topological polar surface area (TPSA) is 21.3 Å². The number of rotatable bonds is 4. The highest BCUT2D eigenvalue weighted by Crippen LogP contribution is 2.54. The first kappa shape index (κ1) is 13.6. The van der Waals surface area contributed by atoms with Crippen molar-refractivity contribution < 1.29 is 4.74 Å². The van der Waals surface area contributed by atoms with Crippen LogP contribution in [0.25, 0.3) is 0 Å². The molecule has 0 amide bonds. The number of hydrogen-bond donors (Lipinski definition) is 1. The van der Waals surface area contributed by atoms with E-state index in [0.29, 0.717) is 17.6 Å². The monoisotopic (exact) mass is 323 g/mol. The zero-order valence-electron chi connectivity index (χ0n) is 11.5. The Kier molecular flexibility index (Phi) is 3.97. The fraction of sp³-hybridized carbons (Fsp3) is 0.625. The lowest BCUT2D eigenvalue weighted by molar-refractivity contribution is -0.138. The Balaban J connectivity index is 1.61. The van der Waals surface area contributed by atoms with Gasteiger partial charge >= 0.3 is 0 Å². The minimum atomic E-state index is 0.431. The molecule has 1 aromatic rings. The van der Waals surface area contributed by atoms with Crippen LogP contribution in [-0.4, -0.2) is 19.2 Å². The predicted molar refractivity (Wildman–Crippen MR) is 81.1 cm³/mol. The number of halogens is 1. The van der Waals surface area contributed by atoms with Crippen LogP contribution >= 0.6 is 15.9 Å². The van der Waals surface area contributed by atoms with Gasteiger partial charge < -0.3 is 10.1 Å². The number of hydrogen-bond acceptors (Lipinski definition) is 2. The summed E-state index contributed by atoms with van der Waals surface area (Å²) >= 11 is 3.52. The molecule has 0 bridgehead atoms. The van der Waals surface area contributed by atoms with Crippen molar-refractivity contribution in [1.82, 2.24) is 5.32 Å². The predicted octanol–water partition coefficient (Wildman–Crippen LogP) is 3.89. The van der Waals surface area contributed by atoms with Gasteiger partial charge in [0.1, 0.15) is 0 Å². The second kappa shape index (κ2) is 5.55. The lowest BCUT2D eigenvalue weighted by Gasteiger charge is -2.54. The van der Waals surface area contributed by atoms with Crippen molar-refractivity contribution in [3.8, 4) is 0 Å². The summed E-state index contributed by atoms with van der Waals surface area (Å²) in [4.78, 5) is 0. The third kappa shape index (κ3) is 2.48. The van der Waals surface area contributed by atoms with E-state index >= 15 is 0 Å². The van der Waals surface area contributed by atoms with Crippen LogP contribution in [0.4, 0.5) is 0 Å². The quantitative estimate of drug-likeness (QED) is 0.907. The average molecular weight is 324 g/mol. The van der Waals surface area contributed by atoms with Gasteiger partial charge in [0.05, 0.1) is 12.7 Å².